The highest BCUT2D eigenvalue weighted by Crippen LogP contribution is 2.33. The molecule has 5 nitrogen and oxygen atoms in total. The molecule has 6 heteroatoms. The van der Waals surface area contributed by atoms with Gasteiger partial charge in [0.2, 0.25) is 0 Å². The van der Waals surface area contributed by atoms with E-state index in [1.807, 2.05) is 26.0 Å². The van der Waals surface area contributed by atoms with Crippen molar-refractivity contribution in [2.75, 3.05) is 26.0 Å². The number of fused-ring (bicyclic) bond motifs is 1. The number of nitrogens with zero attached hydrogens (tertiary/aromatic N) is 2. The molecule has 1 unspecified atom stereocenters. The molecule has 1 amide bonds. The number of methoxy groups -OCH3 is 1. The molecule has 0 radical (unpaired) electrons. The molecule has 0 bridgehead atoms. The predicted octanol–water partition coefficient (Wildman–Crippen LogP) is 2.38. The Morgan fingerprint density at radius 1 is 1.60 bits per heavy atom. The number of aromatic nitrogens is 1. The highest BCUT2D eigenvalue weighted by Gasteiger charge is 2.24. The average molecular weight is 293 g/mol. The number of anilines is 1. The van der Waals surface area contributed by atoms with Gasteiger partial charge in [0.05, 0.1) is 23.0 Å². The van der Waals surface area contributed by atoms with Gasteiger partial charge in [-0.15, -0.1) is 11.3 Å². The minimum atomic E-state index is -0.0578. The zero-order chi connectivity index (χ0) is 14.7. The van der Waals surface area contributed by atoms with Crippen molar-refractivity contribution in [3.63, 3.8) is 0 Å². The molecule has 0 saturated heterocycles. The first kappa shape index (κ1) is 14.7. The Labute approximate surface area is 122 Å². The highest BCUT2D eigenvalue weighted by molar-refractivity contribution is 7.21. The van der Waals surface area contributed by atoms with Gasteiger partial charge in [-0.25, -0.2) is 0 Å². The lowest BCUT2D eigenvalue weighted by Crippen LogP contribution is -2.40. The standard InChI is InChI=1S/C14H19N3O2S/c1-4-17(9(2)8-19-3)14(18)13-11(15)12-10(20-13)6-5-7-16-12/h5-7,9H,4,8,15H2,1-3H3. The number of nitrogens with two attached hydrogens (primary N) is 1. The largest absolute Gasteiger partial charge is 0.396 e. The predicted molar refractivity (Wildman–Crippen MR) is 82.1 cm³/mol. The monoisotopic (exact) mass is 293 g/mol. The van der Waals surface area contributed by atoms with E-state index in [9.17, 15) is 4.79 Å². The van der Waals surface area contributed by atoms with Crippen LogP contribution in [0.1, 0.15) is 23.5 Å². The van der Waals surface area contributed by atoms with E-state index in [4.69, 9.17) is 10.5 Å². The van der Waals surface area contributed by atoms with Crippen LogP contribution in [0.5, 0.6) is 0 Å². The van der Waals surface area contributed by atoms with Gasteiger partial charge in [-0.3, -0.25) is 9.78 Å². The molecule has 2 rings (SSSR count). The zero-order valence-corrected chi connectivity index (χ0v) is 12.7. The second-order valence-corrected chi connectivity index (χ2v) is 5.64. The first-order valence-corrected chi connectivity index (χ1v) is 7.34. The molecular formula is C14H19N3O2S. The molecule has 0 aromatic carbocycles. The van der Waals surface area contributed by atoms with Crippen molar-refractivity contribution in [3.8, 4) is 0 Å². The SMILES string of the molecule is CCN(C(=O)c1sc2cccnc2c1N)C(C)COC. The number of hydrogen-bond donors (Lipinski definition) is 1. The van der Waals surface area contributed by atoms with Gasteiger partial charge < -0.3 is 15.4 Å². The molecule has 0 aliphatic carbocycles. The summed E-state index contributed by atoms with van der Waals surface area (Å²) in [5.41, 5.74) is 7.25. The highest BCUT2D eigenvalue weighted by atomic mass is 32.1. The molecule has 0 aliphatic rings. The van der Waals surface area contributed by atoms with Gasteiger partial charge in [-0.1, -0.05) is 0 Å². The second kappa shape index (κ2) is 6.19. The van der Waals surface area contributed by atoms with Crippen LogP contribution in [-0.4, -0.2) is 42.1 Å². The molecule has 108 valence electrons. The Bertz CT molecular complexity index is 611. The van der Waals surface area contributed by atoms with E-state index >= 15 is 0 Å². The van der Waals surface area contributed by atoms with E-state index in [1.54, 1.807) is 18.2 Å². The molecular weight excluding hydrogens is 274 g/mol. The second-order valence-electron chi connectivity index (χ2n) is 4.59. The van der Waals surface area contributed by atoms with Gasteiger partial charge >= 0.3 is 0 Å². The number of amides is 1. The van der Waals surface area contributed by atoms with E-state index in [2.05, 4.69) is 4.98 Å². The number of rotatable bonds is 5. The Morgan fingerprint density at radius 2 is 2.35 bits per heavy atom. The molecule has 0 aliphatic heterocycles. The first-order valence-electron chi connectivity index (χ1n) is 6.53. The number of hydrogen-bond acceptors (Lipinski definition) is 5. The van der Waals surface area contributed by atoms with Crippen molar-refractivity contribution in [2.24, 2.45) is 0 Å². The maximum atomic E-state index is 12.7. The Hall–Kier alpha value is -1.66. The smallest absolute Gasteiger partial charge is 0.266 e. The summed E-state index contributed by atoms with van der Waals surface area (Å²) >= 11 is 1.39. The Kier molecular flexibility index (Phi) is 4.57. The topological polar surface area (TPSA) is 68.5 Å². The molecule has 2 heterocycles. The van der Waals surface area contributed by atoms with Crippen molar-refractivity contribution < 1.29 is 9.53 Å². The van der Waals surface area contributed by atoms with Crippen LogP contribution in [-0.2, 0) is 4.74 Å². The minimum Gasteiger partial charge on any atom is -0.396 e. The number of carbonyl (C=O) groups is 1. The van der Waals surface area contributed by atoms with E-state index in [0.29, 0.717) is 29.2 Å². The summed E-state index contributed by atoms with van der Waals surface area (Å²) in [6.07, 6.45) is 1.69. The van der Waals surface area contributed by atoms with E-state index in [-0.39, 0.29) is 11.9 Å². The van der Waals surface area contributed by atoms with Crippen LogP contribution in [0.25, 0.3) is 10.2 Å². The molecule has 2 aromatic rings. The van der Waals surface area contributed by atoms with Gasteiger partial charge in [-0.2, -0.15) is 0 Å². The third-order valence-electron chi connectivity index (χ3n) is 3.22. The number of nitrogen functional groups attached to an aromatic ring is 1. The third-order valence-corrected chi connectivity index (χ3v) is 4.37. The van der Waals surface area contributed by atoms with Crippen molar-refractivity contribution in [3.05, 3.63) is 23.2 Å². The van der Waals surface area contributed by atoms with Crippen molar-refractivity contribution in [2.45, 2.75) is 19.9 Å². The first-order chi connectivity index (χ1) is 9.60. The molecule has 1 atom stereocenters. The lowest BCUT2D eigenvalue weighted by molar-refractivity contribution is 0.0585. The Morgan fingerprint density at radius 3 is 2.95 bits per heavy atom. The van der Waals surface area contributed by atoms with Crippen LogP contribution in [0.4, 0.5) is 5.69 Å². The molecule has 0 saturated carbocycles. The number of pyridine rings is 1. The normalized spacial score (nSPS) is 12.6. The zero-order valence-electron chi connectivity index (χ0n) is 11.9. The van der Waals surface area contributed by atoms with Crippen LogP contribution in [0.2, 0.25) is 0 Å². The van der Waals surface area contributed by atoms with Crippen LogP contribution in [0, 0.1) is 0 Å². The number of thiophene rings is 1. The fraction of sp³-hybridized carbons (Fsp3) is 0.429. The summed E-state index contributed by atoms with van der Waals surface area (Å²) in [6, 6.07) is 3.78. The lowest BCUT2D eigenvalue weighted by atomic mass is 10.2. The van der Waals surface area contributed by atoms with E-state index in [1.165, 1.54) is 11.3 Å². The summed E-state index contributed by atoms with van der Waals surface area (Å²) in [5, 5.41) is 0. The van der Waals surface area contributed by atoms with E-state index < -0.39 is 0 Å². The fourth-order valence-electron chi connectivity index (χ4n) is 2.22. The van der Waals surface area contributed by atoms with Crippen molar-refractivity contribution in [1.82, 2.24) is 9.88 Å². The maximum Gasteiger partial charge on any atom is 0.266 e. The van der Waals surface area contributed by atoms with Crippen LogP contribution in [0.3, 0.4) is 0 Å². The van der Waals surface area contributed by atoms with Gasteiger partial charge in [0.15, 0.2) is 0 Å². The number of likely N-dealkylation sites (N-methyl/N-ethyl adjacent to an activating group) is 1. The van der Waals surface area contributed by atoms with Gasteiger partial charge in [-0.05, 0) is 26.0 Å². The molecule has 0 fully saturated rings. The molecule has 2 N–H and O–H groups in total. The summed E-state index contributed by atoms with van der Waals surface area (Å²) < 4.78 is 6.06. The maximum absolute atomic E-state index is 12.7. The Balaban J connectivity index is 2.37. The number of carbonyl (C=O) groups excluding carboxylic acids is 1. The summed E-state index contributed by atoms with van der Waals surface area (Å²) in [7, 11) is 1.63. The van der Waals surface area contributed by atoms with E-state index in [0.717, 1.165) is 4.70 Å². The third kappa shape index (κ3) is 2.62. The van der Waals surface area contributed by atoms with Crippen molar-refractivity contribution >= 4 is 33.1 Å². The lowest BCUT2D eigenvalue weighted by Gasteiger charge is -2.27. The molecule has 0 spiro atoms. The van der Waals surface area contributed by atoms with Crippen LogP contribution >= 0.6 is 11.3 Å². The minimum absolute atomic E-state index is 0.00933. The average Bonchev–Trinajstić information content (AvgIpc) is 2.78. The fourth-order valence-corrected chi connectivity index (χ4v) is 3.26. The van der Waals surface area contributed by atoms with Crippen LogP contribution in [0.15, 0.2) is 18.3 Å². The van der Waals surface area contributed by atoms with Gasteiger partial charge in [0.25, 0.3) is 5.91 Å². The van der Waals surface area contributed by atoms with Gasteiger partial charge in [0, 0.05) is 19.9 Å². The number of ether oxygens (including phenoxy) is 1. The molecule has 20 heavy (non-hydrogen) atoms. The van der Waals surface area contributed by atoms with Gasteiger partial charge in [0.1, 0.15) is 10.4 Å². The summed E-state index contributed by atoms with van der Waals surface area (Å²) in [6.45, 7) is 5.03. The summed E-state index contributed by atoms with van der Waals surface area (Å²) in [4.78, 5) is 19.2. The quantitative estimate of drug-likeness (QED) is 0.919. The van der Waals surface area contributed by atoms with Crippen molar-refractivity contribution in [1.29, 1.82) is 0 Å². The summed E-state index contributed by atoms with van der Waals surface area (Å²) in [5.74, 6) is -0.0578. The van der Waals surface area contributed by atoms with Crippen LogP contribution < -0.4 is 5.73 Å². The molecule has 2 aromatic heterocycles.